The van der Waals surface area contributed by atoms with Gasteiger partial charge in [0.1, 0.15) is 0 Å². The predicted molar refractivity (Wildman–Crippen MR) is 87.6 cm³/mol. The third kappa shape index (κ3) is 3.67. The molecule has 0 aromatic carbocycles. The Morgan fingerprint density at radius 1 is 1.38 bits per heavy atom. The quantitative estimate of drug-likeness (QED) is 0.834. The molecule has 0 N–H and O–H groups in total. The van der Waals surface area contributed by atoms with Crippen molar-refractivity contribution in [2.75, 3.05) is 19.6 Å². The second-order valence-electron chi connectivity index (χ2n) is 6.47. The summed E-state index contributed by atoms with van der Waals surface area (Å²) in [7, 11) is 0. The Labute approximate surface area is 131 Å². The van der Waals surface area contributed by atoms with Crippen LogP contribution in [0.4, 0.5) is 0 Å². The SMILES string of the molecule is CC1CCCCN1C1CN(C(=O)CCCc2cccs2)C1. The molecule has 0 bridgehead atoms. The van der Waals surface area contributed by atoms with E-state index in [4.69, 9.17) is 0 Å². The number of carbonyl (C=O) groups excluding carboxylic acids is 1. The summed E-state index contributed by atoms with van der Waals surface area (Å²) in [5.41, 5.74) is 0. The summed E-state index contributed by atoms with van der Waals surface area (Å²) in [6, 6.07) is 5.58. The maximum Gasteiger partial charge on any atom is 0.222 e. The van der Waals surface area contributed by atoms with Crippen LogP contribution < -0.4 is 0 Å². The van der Waals surface area contributed by atoms with Gasteiger partial charge in [0.25, 0.3) is 0 Å². The van der Waals surface area contributed by atoms with Gasteiger partial charge >= 0.3 is 0 Å². The lowest BCUT2D eigenvalue weighted by Crippen LogP contribution is -2.63. The molecule has 116 valence electrons. The van der Waals surface area contributed by atoms with Crippen LogP contribution in [0.5, 0.6) is 0 Å². The van der Waals surface area contributed by atoms with Crippen molar-refractivity contribution < 1.29 is 4.79 Å². The van der Waals surface area contributed by atoms with E-state index in [2.05, 4.69) is 34.2 Å². The van der Waals surface area contributed by atoms with E-state index in [0.29, 0.717) is 24.4 Å². The zero-order valence-electron chi connectivity index (χ0n) is 13.0. The lowest BCUT2D eigenvalue weighted by Gasteiger charge is -2.49. The van der Waals surface area contributed by atoms with E-state index in [1.807, 2.05) is 0 Å². The summed E-state index contributed by atoms with van der Waals surface area (Å²) in [4.78, 5) is 18.2. The predicted octanol–water partition coefficient (Wildman–Crippen LogP) is 3.16. The summed E-state index contributed by atoms with van der Waals surface area (Å²) >= 11 is 1.79. The molecule has 0 spiro atoms. The van der Waals surface area contributed by atoms with Crippen molar-refractivity contribution in [2.45, 2.75) is 57.5 Å². The molecule has 0 radical (unpaired) electrons. The Kier molecular flexibility index (Phi) is 4.96. The minimum atomic E-state index is 0.354. The first-order chi connectivity index (χ1) is 10.2. The van der Waals surface area contributed by atoms with Crippen LogP contribution >= 0.6 is 11.3 Å². The molecule has 2 aliphatic heterocycles. The van der Waals surface area contributed by atoms with E-state index in [9.17, 15) is 4.79 Å². The molecule has 3 nitrogen and oxygen atoms in total. The smallest absolute Gasteiger partial charge is 0.222 e. The molecular formula is C17H26N2OS. The van der Waals surface area contributed by atoms with Crippen LogP contribution in [-0.4, -0.2) is 47.4 Å². The van der Waals surface area contributed by atoms with E-state index >= 15 is 0 Å². The summed E-state index contributed by atoms with van der Waals surface area (Å²) in [5, 5.41) is 2.11. The van der Waals surface area contributed by atoms with Gasteiger partial charge in [-0.25, -0.2) is 0 Å². The Morgan fingerprint density at radius 3 is 2.95 bits per heavy atom. The highest BCUT2D eigenvalue weighted by Gasteiger charge is 2.36. The minimum Gasteiger partial charge on any atom is -0.339 e. The van der Waals surface area contributed by atoms with E-state index in [1.165, 1.54) is 30.7 Å². The molecule has 2 aliphatic rings. The third-order valence-electron chi connectivity index (χ3n) is 4.93. The molecule has 1 amide bonds. The van der Waals surface area contributed by atoms with Gasteiger partial charge in [-0.3, -0.25) is 9.69 Å². The van der Waals surface area contributed by atoms with Gasteiger partial charge in [-0.1, -0.05) is 12.5 Å². The fraction of sp³-hybridized carbons (Fsp3) is 0.706. The molecule has 4 heteroatoms. The maximum absolute atomic E-state index is 12.2. The zero-order chi connectivity index (χ0) is 14.7. The Balaban J connectivity index is 1.36. The van der Waals surface area contributed by atoms with Gasteiger partial charge in [0, 0.05) is 36.5 Å². The Morgan fingerprint density at radius 2 is 2.24 bits per heavy atom. The second-order valence-corrected chi connectivity index (χ2v) is 7.50. The fourth-order valence-corrected chi connectivity index (χ4v) is 4.31. The molecule has 21 heavy (non-hydrogen) atoms. The van der Waals surface area contributed by atoms with Crippen LogP contribution in [0.2, 0.25) is 0 Å². The lowest BCUT2D eigenvalue weighted by molar-refractivity contribution is -0.139. The van der Waals surface area contributed by atoms with E-state index < -0.39 is 0 Å². The van der Waals surface area contributed by atoms with Crippen molar-refractivity contribution in [3.63, 3.8) is 0 Å². The summed E-state index contributed by atoms with van der Waals surface area (Å²) in [6.07, 6.45) is 6.77. The minimum absolute atomic E-state index is 0.354. The molecule has 1 atom stereocenters. The highest BCUT2D eigenvalue weighted by molar-refractivity contribution is 7.09. The van der Waals surface area contributed by atoms with E-state index in [-0.39, 0.29) is 0 Å². The average Bonchev–Trinajstić information content (AvgIpc) is 2.92. The van der Waals surface area contributed by atoms with Gasteiger partial charge in [-0.15, -0.1) is 11.3 Å². The van der Waals surface area contributed by atoms with Crippen molar-refractivity contribution in [2.24, 2.45) is 0 Å². The largest absolute Gasteiger partial charge is 0.339 e. The van der Waals surface area contributed by atoms with E-state index in [1.54, 1.807) is 11.3 Å². The van der Waals surface area contributed by atoms with Crippen LogP contribution in [0.1, 0.15) is 43.9 Å². The number of nitrogens with zero attached hydrogens (tertiary/aromatic N) is 2. The summed E-state index contributed by atoms with van der Waals surface area (Å²) in [5.74, 6) is 0.354. The van der Waals surface area contributed by atoms with Crippen LogP contribution in [0.25, 0.3) is 0 Å². The number of hydrogen-bond acceptors (Lipinski definition) is 3. The number of hydrogen-bond donors (Lipinski definition) is 0. The molecule has 3 rings (SSSR count). The van der Waals surface area contributed by atoms with Crippen molar-refractivity contribution in [1.29, 1.82) is 0 Å². The number of thiophene rings is 1. The van der Waals surface area contributed by atoms with Crippen LogP contribution in [0.3, 0.4) is 0 Å². The van der Waals surface area contributed by atoms with Crippen molar-refractivity contribution >= 4 is 17.2 Å². The Bertz CT molecular complexity index is 453. The molecular weight excluding hydrogens is 280 g/mol. The zero-order valence-corrected chi connectivity index (χ0v) is 13.8. The first-order valence-corrected chi connectivity index (χ1v) is 9.18. The number of amides is 1. The first-order valence-electron chi connectivity index (χ1n) is 8.30. The van der Waals surface area contributed by atoms with Crippen molar-refractivity contribution in [3.05, 3.63) is 22.4 Å². The molecule has 0 aliphatic carbocycles. The van der Waals surface area contributed by atoms with E-state index in [0.717, 1.165) is 25.9 Å². The number of piperidine rings is 1. The van der Waals surface area contributed by atoms with Gasteiger partial charge in [0.15, 0.2) is 0 Å². The van der Waals surface area contributed by atoms with Crippen molar-refractivity contribution in [3.8, 4) is 0 Å². The number of rotatable bonds is 5. The van der Waals surface area contributed by atoms with Crippen LogP contribution in [0.15, 0.2) is 17.5 Å². The molecule has 1 unspecified atom stereocenters. The maximum atomic E-state index is 12.2. The van der Waals surface area contributed by atoms with Gasteiger partial charge in [0.2, 0.25) is 5.91 Å². The third-order valence-corrected chi connectivity index (χ3v) is 5.87. The molecule has 3 heterocycles. The average molecular weight is 306 g/mol. The molecule has 0 saturated carbocycles. The number of carbonyl (C=O) groups is 1. The highest BCUT2D eigenvalue weighted by atomic mass is 32.1. The van der Waals surface area contributed by atoms with Gasteiger partial charge in [-0.05, 0) is 50.6 Å². The Hall–Kier alpha value is -0.870. The lowest BCUT2D eigenvalue weighted by atomic mass is 9.97. The van der Waals surface area contributed by atoms with Crippen LogP contribution in [0, 0.1) is 0 Å². The second kappa shape index (κ2) is 6.93. The standard InChI is InChI=1S/C17H26N2OS/c1-14-6-2-3-10-19(14)15-12-18(13-15)17(20)9-4-7-16-8-5-11-21-16/h5,8,11,14-15H,2-4,6-7,9-10,12-13H2,1H3. The molecule has 2 saturated heterocycles. The van der Waals surface area contributed by atoms with Gasteiger partial charge < -0.3 is 4.90 Å². The highest BCUT2D eigenvalue weighted by Crippen LogP contribution is 2.25. The molecule has 1 aromatic heterocycles. The first kappa shape index (κ1) is 15.0. The summed E-state index contributed by atoms with van der Waals surface area (Å²) in [6.45, 7) is 5.49. The van der Waals surface area contributed by atoms with Gasteiger partial charge in [-0.2, -0.15) is 0 Å². The monoisotopic (exact) mass is 306 g/mol. The normalized spacial score (nSPS) is 24.0. The topological polar surface area (TPSA) is 23.6 Å². The van der Waals surface area contributed by atoms with Gasteiger partial charge in [0.05, 0.1) is 0 Å². The van der Waals surface area contributed by atoms with Crippen molar-refractivity contribution in [1.82, 2.24) is 9.80 Å². The fourth-order valence-electron chi connectivity index (χ4n) is 3.56. The number of likely N-dealkylation sites (tertiary alicyclic amines) is 2. The van der Waals surface area contributed by atoms with Crippen LogP contribution in [-0.2, 0) is 11.2 Å². The summed E-state index contributed by atoms with van der Waals surface area (Å²) < 4.78 is 0. The molecule has 2 fully saturated rings. The number of aryl methyl sites for hydroxylation is 1. The molecule has 1 aromatic rings.